The molecule has 0 bridgehead atoms. The van der Waals surface area contributed by atoms with E-state index in [1.54, 1.807) is 12.1 Å². The Morgan fingerprint density at radius 1 is 1.53 bits per heavy atom. The summed E-state index contributed by atoms with van der Waals surface area (Å²) in [5.74, 6) is -0.724. The van der Waals surface area contributed by atoms with Crippen LogP contribution < -0.4 is 0 Å². The fourth-order valence-electron chi connectivity index (χ4n) is 1.93. The Morgan fingerprint density at radius 2 is 2.21 bits per heavy atom. The molecule has 1 unspecified atom stereocenters. The van der Waals surface area contributed by atoms with Gasteiger partial charge in [-0.3, -0.25) is 4.21 Å². The zero-order valence-corrected chi connectivity index (χ0v) is 12.5. The van der Waals surface area contributed by atoms with Gasteiger partial charge in [0.05, 0.1) is 27.3 Å². The first-order valence-electron chi connectivity index (χ1n) is 5.76. The van der Waals surface area contributed by atoms with Gasteiger partial charge >= 0.3 is 5.97 Å². The van der Waals surface area contributed by atoms with Gasteiger partial charge in [-0.1, -0.05) is 15.9 Å². The number of hydrogen-bond acceptors (Lipinski definition) is 3. The van der Waals surface area contributed by atoms with Crippen LogP contribution in [0.5, 0.6) is 0 Å². The Kier molecular flexibility index (Phi) is 4.07. The molecular formula is C13H12BrNO3S. The van der Waals surface area contributed by atoms with Gasteiger partial charge in [0.2, 0.25) is 0 Å². The van der Waals surface area contributed by atoms with E-state index in [9.17, 15) is 9.00 Å². The monoisotopic (exact) mass is 341 g/mol. The van der Waals surface area contributed by atoms with Gasteiger partial charge in [0.1, 0.15) is 0 Å². The van der Waals surface area contributed by atoms with E-state index in [0.29, 0.717) is 21.5 Å². The van der Waals surface area contributed by atoms with Crippen LogP contribution in [0.2, 0.25) is 0 Å². The molecule has 0 saturated heterocycles. The van der Waals surface area contributed by atoms with Crippen molar-refractivity contribution in [2.24, 2.45) is 5.41 Å². The molecule has 6 heteroatoms. The zero-order valence-electron chi connectivity index (χ0n) is 10.1. The normalized spacial score (nSPS) is 17.5. The fourth-order valence-corrected chi connectivity index (χ4v) is 4.21. The number of aromatic carboxylic acids is 1. The molecule has 1 aliphatic rings. The molecule has 1 N–H and O–H groups in total. The van der Waals surface area contributed by atoms with Crippen molar-refractivity contribution in [1.82, 2.24) is 0 Å². The van der Waals surface area contributed by atoms with Crippen LogP contribution in [0.1, 0.15) is 29.6 Å². The molecule has 0 radical (unpaired) electrons. The molecule has 0 amide bonds. The van der Waals surface area contributed by atoms with E-state index in [2.05, 4.69) is 22.0 Å². The highest BCUT2D eigenvalue weighted by Crippen LogP contribution is 2.49. The Bertz CT molecular complexity index is 590. The van der Waals surface area contributed by atoms with Gasteiger partial charge in [0.25, 0.3) is 0 Å². The van der Waals surface area contributed by atoms with Crippen molar-refractivity contribution in [3.05, 3.63) is 28.2 Å². The molecular weight excluding hydrogens is 330 g/mol. The van der Waals surface area contributed by atoms with Crippen LogP contribution in [-0.2, 0) is 10.8 Å². The van der Waals surface area contributed by atoms with Crippen molar-refractivity contribution in [3.63, 3.8) is 0 Å². The van der Waals surface area contributed by atoms with E-state index >= 15 is 0 Å². The Morgan fingerprint density at radius 3 is 2.74 bits per heavy atom. The maximum Gasteiger partial charge on any atom is 0.336 e. The third-order valence-corrected chi connectivity index (χ3v) is 5.46. The van der Waals surface area contributed by atoms with Gasteiger partial charge in [-0.25, -0.2) is 4.79 Å². The molecule has 1 aliphatic carbocycles. The van der Waals surface area contributed by atoms with Gasteiger partial charge in [0, 0.05) is 16.6 Å². The van der Waals surface area contributed by atoms with Crippen molar-refractivity contribution in [2.45, 2.75) is 24.2 Å². The summed E-state index contributed by atoms with van der Waals surface area (Å²) < 4.78 is 13.1. The van der Waals surface area contributed by atoms with Crippen LogP contribution in [0, 0.1) is 16.7 Å². The molecule has 2 rings (SSSR count). The third kappa shape index (κ3) is 3.23. The molecule has 100 valence electrons. The van der Waals surface area contributed by atoms with E-state index in [0.717, 1.165) is 12.8 Å². The predicted octanol–water partition coefficient (Wildman–Crippen LogP) is 2.95. The fraction of sp³-hybridized carbons (Fsp3) is 0.385. The first-order valence-corrected chi connectivity index (χ1v) is 7.87. The molecule has 4 nitrogen and oxygen atoms in total. The summed E-state index contributed by atoms with van der Waals surface area (Å²) in [7, 11) is -1.40. The summed E-state index contributed by atoms with van der Waals surface area (Å²) in [4.78, 5) is 11.5. The lowest BCUT2D eigenvalue weighted by molar-refractivity contribution is 0.0693. The highest BCUT2D eigenvalue weighted by Gasteiger charge is 2.44. The summed E-state index contributed by atoms with van der Waals surface area (Å²) >= 11 is 3.26. The largest absolute Gasteiger partial charge is 0.478 e. The molecule has 0 aliphatic heterocycles. The second kappa shape index (κ2) is 5.43. The number of benzene rings is 1. The molecule has 1 saturated carbocycles. The number of halogens is 1. The topological polar surface area (TPSA) is 78.2 Å². The molecule has 19 heavy (non-hydrogen) atoms. The number of nitriles is 1. The maximum absolute atomic E-state index is 12.4. The van der Waals surface area contributed by atoms with E-state index < -0.39 is 16.8 Å². The minimum absolute atomic E-state index is 0.0642. The second-order valence-electron chi connectivity index (χ2n) is 4.77. The van der Waals surface area contributed by atoms with Crippen molar-refractivity contribution < 1.29 is 14.1 Å². The summed E-state index contributed by atoms with van der Waals surface area (Å²) in [5, 5.41) is 17.9. The van der Waals surface area contributed by atoms with Crippen molar-refractivity contribution in [2.75, 3.05) is 5.75 Å². The maximum atomic E-state index is 12.4. The Balaban J connectivity index is 2.26. The van der Waals surface area contributed by atoms with Crippen LogP contribution >= 0.6 is 15.9 Å². The quantitative estimate of drug-likeness (QED) is 0.892. The lowest BCUT2D eigenvalue weighted by Crippen LogP contribution is -2.14. The Labute approximate surface area is 122 Å². The van der Waals surface area contributed by atoms with Crippen LogP contribution in [0.4, 0.5) is 0 Å². The molecule has 1 aromatic carbocycles. The predicted molar refractivity (Wildman–Crippen MR) is 74.3 cm³/mol. The third-order valence-electron chi connectivity index (χ3n) is 3.27. The lowest BCUT2D eigenvalue weighted by Gasteiger charge is -2.12. The van der Waals surface area contributed by atoms with E-state index in [-0.39, 0.29) is 11.0 Å². The number of carboxylic acids is 1. The van der Waals surface area contributed by atoms with Gasteiger partial charge in [-0.15, -0.1) is 0 Å². The van der Waals surface area contributed by atoms with Gasteiger partial charge in [-0.2, -0.15) is 5.26 Å². The molecule has 0 aromatic heterocycles. The highest BCUT2D eigenvalue weighted by atomic mass is 79.9. The summed E-state index contributed by atoms with van der Waals surface area (Å²) in [6, 6.07) is 6.77. The van der Waals surface area contributed by atoms with E-state index in [4.69, 9.17) is 10.4 Å². The minimum Gasteiger partial charge on any atom is -0.478 e. The summed E-state index contributed by atoms with van der Waals surface area (Å²) in [5.41, 5.74) is -0.105. The molecule has 0 spiro atoms. The minimum atomic E-state index is -1.40. The zero-order chi connectivity index (χ0) is 14.0. The number of carboxylic acid groups (broad SMARTS) is 1. The molecule has 1 aromatic rings. The number of nitrogens with zero attached hydrogens (tertiary/aromatic N) is 1. The molecule has 0 heterocycles. The lowest BCUT2D eigenvalue weighted by atomic mass is 10.1. The van der Waals surface area contributed by atoms with Crippen molar-refractivity contribution in [3.8, 4) is 6.07 Å². The smallest absolute Gasteiger partial charge is 0.336 e. The van der Waals surface area contributed by atoms with Gasteiger partial charge in [0.15, 0.2) is 0 Å². The standard InChI is InChI=1S/C13H12BrNO3S/c14-9-1-2-10(12(16)17)11(7-9)19(18)8-13(3-4-13)5-6-15/h1-2,7H,3-5,8H2,(H,16,17). The van der Waals surface area contributed by atoms with Crippen molar-refractivity contribution >= 4 is 32.7 Å². The van der Waals surface area contributed by atoms with Crippen LogP contribution in [0.3, 0.4) is 0 Å². The van der Waals surface area contributed by atoms with Gasteiger partial charge < -0.3 is 5.11 Å². The SMILES string of the molecule is N#CCC1(CS(=O)c2cc(Br)ccc2C(=O)O)CC1. The highest BCUT2D eigenvalue weighted by molar-refractivity contribution is 9.10. The van der Waals surface area contributed by atoms with Crippen LogP contribution in [0.15, 0.2) is 27.6 Å². The summed E-state index contributed by atoms with van der Waals surface area (Å²) in [6.07, 6.45) is 2.17. The number of hydrogen-bond donors (Lipinski definition) is 1. The average Bonchev–Trinajstić information content (AvgIpc) is 3.08. The number of rotatable bonds is 5. The first-order chi connectivity index (χ1) is 8.97. The second-order valence-corrected chi connectivity index (χ2v) is 7.11. The first kappa shape index (κ1) is 14.2. The summed E-state index contributed by atoms with van der Waals surface area (Å²) in [6.45, 7) is 0. The van der Waals surface area contributed by atoms with Crippen LogP contribution in [0.25, 0.3) is 0 Å². The molecule has 1 fully saturated rings. The van der Waals surface area contributed by atoms with E-state index in [1.165, 1.54) is 6.07 Å². The van der Waals surface area contributed by atoms with Gasteiger partial charge in [-0.05, 0) is 36.5 Å². The average molecular weight is 342 g/mol. The van der Waals surface area contributed by atoms with Crippen molar-refractivity contribution in [1.29, 1.82) is 5.26 Å². The van der Waals surface area contributed by atoms with E-state index in [1.807, 2.05) is 0 Å². The Hall–Kier alpha value is -1.19. The molecule has 1 atom stereocenters. The number of carbonyl (C=O) groups is 1. The van der Waals surface area contributed by atoms with Crippen LogP contribution in [-0.4, -0.2) is 21.0 Å².